The van der Waals surface area contributed by atoms with Crippen LogP contribution in [0, 0.1) is 11.3 Å². The molecule has 0 N–H and O–H groups in total. The maximum absolute atomic E-state index is 9.42. The maximum Gasteiger partial charge on any atom is 0.110 e. The lowest BCUT2D eigenvalue weighted by atomic mass is 9.92. The van der Waals surface area contributed by atoms with Crippen molar-refractivity contribution >= 4 is 11.6 Å². The number of likely N-dealkylation sites (N-methyl/N-ethyl adjacent to an activating group) is 1. The van der Waals surface area contributed by atoms with E-state index in [1.54, 1.807) is 0 Å². The zero-order chi connectivity index (χ0) is 12.9. The number of hydrogen-bond acceptors (Lipinski definition) is 2. The predicted octanol–water partition coefficient (Wildman–Crippen LogP) is 3.51. The SMILES string of the molecule is CCN(CC)C(C)(C#N)Cc1ccc(Cl)cc1. The number of benzene rings is 1. The third-order valence-electron chi connectivity index (χ3n) is 3.16. The quantitative estimate of drug-likeness (QED) is 0.800. The molecule has 0 fully saturated rings. The van der Waals surface area contributed by atoms with Gasteiger partial charge in [-0.2, -0.15) is 5.26 Å². The molecule has 0 aliphatic carbocycles. The van der Waals surface area contributed by atoms with E-state index in [1.165, 1.54) is 0 Å². The molecule has 0 saturated carbocycles. The maximum atomic E-state index is 9.42. The summed E-state index contributed by atoms with van der Waals surface area (Å²) in [7, 11) is 0. The fourth-order valence-corrected chi connectivity index (χ4v) is 2.27. The van der Waals surface area contributed by atoms with E-state index in [1.807, 2.05) is 31.2 Å². The zero-order valence-electron chi connectivity index (χ0n) is 10.7. The van der Waals surface area contributed by atoms with Crippen LogP contribution >= 0.6 is 11.6 Å². The minimum atomic E-state index is -0.447. The second kappa shape index (κ2) is 6.05. The Morgan fingerprint density at radius 1 is 1.24 bits per heavy atom. The molecule has 3 heteroatoms. The highest BCUT2D eigenvalue weighted by atomic mass is 35.5. The van der Waals surface area contributed by atoms with Gasteiger partial charge >= 0.3 is 0 Å². The second-order valence-corrected chi connectivity index (χ2v) is 4.80. The van der Waals surface area contributed by atoms with Crippen molar-refractivity contribution in [1.29, 1.82) is 5.26 Å². The van der Waals surface area contributed by atoms with Crippen LogP contribution < -0.4 is 0 Å². The molecular weight excluding hydrogens is 232 g/mol. The Morgan fingerprint density at radius 2 is 1.76 bits per heavy atom. The summed E-state index contributed by atoms with van der Waals surface area (Å²) in [4.78, 5) is 2.18. The third-order valence-corrected chi connectivity index (χ3v) is 3.42. The molecule has 92 valence electrons. The molecule has 0 spiro atoms. The van der Waals surface area contributed by atoms with Gasteiger partial charge in [0, 0.05) is 11.4 Å². The van der Waals surface area contributed by atoms with Gasteiger partial charge in [-0.05, 0) is 37.7 Å². The van der Waals surface area contributed by atoms with Gasteiger partial charge in [-0.1, -0.05) is 37.6 Å². The molecule has 0 aromatic heterocycles. The molecule has 0 amide bonds. The Kier molecular flexibility index (Phi) is 4.99. The number of nitrogens with zero attached hydrogens (tertiary/aromatic N) is 2. The first-order chi connectivity index (χ1) is 8.05. The van der Waals surface area contributed by atoms with Gasteiger partial charge in [0.2, 0.25) is 0 Å². The number of halogens is 1. The fourth-order valence-electron chi connectivity index (χ4n) is 2.14. The molecule has 0 saturated heterocycles. The number of hydrogen-bond donors (Lipinski definition) is 0. The van der Waals surface area contributed by atoms with Crippen LogP contribution in [-0.4, -0.2) is 23.5 Å². The highest BCUT2D eigenvalue weighted by Crippen LogP contribution is 2.21. The van der Waals surface area contributed by atoms with Gasteiger partial charge in [-0.25, -0.2) is 0 Å². The molecule has 0 heterocycles. The first-order valence-electron chi connectivity index (χ1n) is 5.96. The standard InChI is InChI=1S/C14H19ClN2/c1-4-17(5-2)14(3,11-16)10-12-6-8-13(15)9-7-12/h6-9H,4-5,10H2,1-3H3. The van der Waals surface area contributed by atoms with Crippen molar-refractivity contribution in [1.82, 2.24) is 4.90 Å². The monoisotopic (exact) mass is 250 g/mol. The van der Waals surface area contributed by atoms with Crippen LogP contribution in [0.2, 0.25) is 5.02 Å². The Hall–Kier alpha value is -1.04. The van der Waals surface area contributed by atoms with Gasteiger partial charge in [0.25, 0.3) is 0 Å². The largest absolute Gasteiger partial charge is 0.286 e. The van der Waals surface area contributed by atoms with Crippen molar-refractivity contribution in [2.45, 2.75) is 32.7 Å². The predicted molar refractivity (Wildman–Crippen MR) is 72.1 cm³/mol. The van der Waals surface area contributed by atoms with Crippen LogP contribution in [-0.2, 0) is 6.42 Å². The molecule has 0 aliphatic heterocycles. The highest BCUT2D eigenvalue weighted by Gasteiger charge is 2.29. The van der Waals surface area contributed by atoms with Gasteiger partial charge < -0.3 is 0 Å². The van der Waals surface area contributed by atoms with Crippen molar-refractivity contribution < 1.29 is 0 Å². The topological polar surface area (TPSA) is 27.0 Å². The Bertz CT molecular complexity index is 390. The lowest BCUT2D eigenvalue weighted by Gasteiger charge is -2.34. The van der Waals surface area contributed by atoms with Crippen LogP contribution in [0.1, 0.15) is 26.3 Å². The van der Waals surface area contributed by atoms with Crippen molar-refractivity contribution in [3.05, 3.63) is 34.9 Å². The summed E-state index contributed by atoms with van der Waals surface area (Å²) >= 11 is 5.86. The van der Waals surface area contributed by atoms with Gasteiger partial charge in [-0.15, -0.1) is 0 Å². The normalized spacial score (nSPS) is 14.4. The van der Waals surface area contributed by atoms with Crippen LogP contribution in [0.15, 0.2) is 24.3 Å². The summed E-state index contributed by atoms with van der Waals surface area (Å²) in [5.74, 6) is 0. The minimum Gasteiger partial charge on any atom is -0.286 e. The van der Waals surface area contributed by atoms with Gasteiger partial charge in [0.05, 0.1) is 6.07 Å². The molecule has 1 rings (SSSR count). The Balaban J connectivity index is 2.89. The van der Waals surface area contributed by atoms with E-state index in [2.05, 4.69) is 24.8 Å². The first kappa shape index (κ1) is 14.0. The molecule has 1 unspecified atom stereocenters. The van der Waals surface area contributed by atoms with Crippen molar-refractivity contribution in [3.63, 3.8) is 0 Å². The van der Waals surface area contributed by atoms with Crippen molar-refractivity contribution in [2.24, 2.45) is 0 Å². The van der Waals surface area contributed by atoms with E-state index >= 15 is 0 Å². The molecule has 0 aliphatic rings. The zero-order valence-corrected chi connectivity index (χ0v) is 11.5. The van der Waals surface area contributed by atoms with E-state index in [0.29, 0.717) is 0 Å². The third kappa shape index (κ3) is 3.46. The van der Waals surface area contributed by atoms with Crippen molar-refractivity contribution in [3.8, 4) is 6.07 Å². The summed E-state index contributed by atoms with van der Waals surface area (Å²) in [6, 6.07) is 10.2. The lowest BCUT2D eigenvalue weighted by Crippen LogP contribution is -2.46. The lowest BCUT2D eigenvalue weighted by molar-refractivity contribution is 0.169. The van der Waals surface area contributed by atoms with Crippen molar-refractivity contribution in [2.75, 3.05) is 13.1 Å². The molecule has 1 atom stereocenters. The summed E-state index contributed by atoms with van der Waals surface area (Å²) in [6.07, 6.45) is 0.725. The molecule has 1 aromatic carbocycles. The van der Waals surface area contributed by atoms with Gasteiger partial charge in [0.1, 0.15) is 5.54 Å². The van der Waals surface area contributed by atoms with E-state index in [4.69, 9.17) is 11.6 Å². The van der Waals surface area contributed by atoms with Crippen LogP contribution in [0.25, 0.3) is 0 Å². The molecule has 0 bridgehead atoms. The molecule has 1 aromatic rings. The highest BCUT2D eigenvalue weighted by molar-refractivity contribution is 6.30. The Labute approximate surface area is 109 Å². The van der Waals surface area contributed by atoms with Gasteiger partial charge in [0.15, 0.2) is 0 Å². The fraction of sp³-hybridized carbons (Fsp3) is 0.500. The molecule has 2 nitrogen and oxygen atoms in total. The van der Waals surface area contributed by atoms with Crippen LogP contribution in [0.5, 0.6) is 0 Å². The summed E-state index contributed by atoms with van der Waals surface area (Å²) in [5.41, 5.74) is 0.697. The molecular formula is C14H19ClN2. The summed E-state index contributed by atoms with van der Waals surface area (Å²) in [6.45, 7) is 7.93. The minimum absolute atomic E-state index is 0.447. The average molecular weight is 251 g/mol. The summed E-state index contributed by atoms with van der Waals surface area (Å²) in [5, 5.41) is 10.1. The van der Waals surface area contributed by atoms with E-state index < -0.39 is 5.54 Å². The summed E-state index contributed by atoms with van der Waals surface area (Å²) < 4.78 is 0. The van der Waals surface area contributed by atoms with Crippen LogP contribution in [0.3, 0.4) is 0 Å². The average Bonchev–Trinajstić information content (AvgIpc) is 2.33. The first-order valence-corrected chi connectivity index (χ1v) is 6.34. The van der Waals surface area contributed by atoms with E-state index in [9.17, 15) is 5.26 Å². The van der Waals surface area contributed by atoms with Gasteiger partial charge in [-0.3, -0.25) is 4.90 Å². The van der Waals surface area contributed by atoms with E-state index in [0.717, 1.165) is 30.1 Å². The molecule has 0 radical (unpaired) electrons. The Morgan fingerprint density at radius 3 is 2.18 bits per heavy atom. The second-order valence-electron chi connectivity index (χ2n) is 4.36. The number of rotatable bonds is 5. The smallest absolute Gasteiger partial charge is 0.110 e. The van der Waals surface area contributed by atoms with E-state index in [-0.39, 0.29) is 0 Å². The number of nitriles is 1. The van der Waals surface area contributed by atoms with Crippen LogP contribution in [0.4, 0.5) is 0 Å². The molecule has 17 heavy (non-hydrogen) atoms.